The normalized spacial score (nSPS) is 23.2. The predicted octanol–water partition coefficient (Wildman–Crippen LogP) is 5.69. The van der Waals surface area contributed by atoms with Crippen LogP contribution in [0, 0.1) is 11.8 Å². The SMILES string of the molecule is C=C(CNCC1CCC(CNC(=O)c2cc(CF)cc(C(F)(F)F)c2)CC1)N1CCCC1CC. The van der Waals surface area contributed by atoms with Crippen LogP contribution in [0.2, 0.25) is 0 Å². The molecule has 0 spiro atoms. The third-order valence-corrected chi connectivity index (χ3v) is 7.27. The highest BCUT2D eigenvalue weighted by Gasteiger charge is 2.32. The van der Waals surface area contributed by atoms with Gasteiger partial charge in [0.1, 0.15) is 6.67 Å². The van der Waals surface area contributed by atoms with Crippen LogP contribution in [-0.4, -0.2) is 43.0 Å². The van der Waals surface area contributed by atoms with Crippen molar-refractivity contribution in [1.29, 1.82) is 0 Å². The van der Waals surface area contributed by atoms with Crippen molar-refractivity contribution in [1.82, 2.24) is 15.5 Å². The maximum atomic E-state index is 13.0. The fourth-order valence-corrected chi connectivity index (χ4v) is 5.24. The molecule has 1 saturated carbocycles. The highest BCUT2D eigenvalue weighted by atomic mass is 19.4. The number of nitrogens with zero attached hydrogens (tertiary/aromatic N) is 1. The summed E-state index contributed by atoms with van der Waals surface area (Å²) < 4.78 is 52.1. The Morgan fingerprint density at radius 3 is 2.38 bits per heavy atom. The Labute approximate surface area is 200 Å². The first kappa shape index (κ1) is 26.5. The topological polar surface area (TPSA) is 44.4 Å². The molecular formula is C26H37F4N3O. The molecule has 1 aliphatic carbocycles. The first-order chi connectivity index (χ1) is 16.2. The van der Waals surface area contributed by atoms with E-state index in [1.807, 2.05) is 0 Å². The van der Waals surface area contributed by atoms with Crippen LogP contribution in [0.15, 0.2) is 30.5 Å². The second-order valence-electron chi connectivity index (χ2n) is 9.74. The van der Waals surface area contributed by atoms with Gasteiger partial charge >= 0.3 is 6.18 Å². The molecule has 3 rings (SSSR count). The van der Waals surface area contributed by atoms with Gasteiger partial charge < -0.3 is 15.5 Å². The number of rotatable bonds is 10. The third kappa shape index (κ3) is 7.20. The maximum absolute atomic E-state index is 13.0. The standard InChI is InChI=1S/C26H37F4N3O/c1-3-24-5-4-10-33(24)18(2)15-31-16-19-6-8-20(9-7-19)17-32-25(34)22-11-21(14-27)12-23(13-22)26(28,29)30/h11-13,19-20,24,31H,2-10,14-17H2,1H3,(H,32,34). The molecule has 4 nitrogen and oxygen atoms in total. The van der Waals surface area contributed by atoms with Gasteiger partial charge in [-0.3, -0.25) is 4.79 Å². The van der Waals surface area contributed by atoms with Gasteiger partial charge in [-0.15, -0.1) is 0 Å². The summed E-state index contributed by atoms with van der Waals surface area (Å²) in [5, 5.41) is 6.31. The minimum absolute atomic E-state index is 0.148. The molecule has 1 unspecified atom stereocenters. The zero-order valence-electron chi connectivity index (χ0n) is 20.0. The van der Waals surface area contributed by atoms with Crippen LogP contribution >= 0.6 is 0 Å². The van der Waals surface area contributed by atoms with Crippen molar-refractivity contribution in [3.05, 3.63) is 47.2 Å². The summed E-state index contributed by atoms with van der Waals surface area (Å²) in [5.41, 5.74) is -0.126. The Bertz CT molecular complexity index is 834. The zero-order chi connectivity index (χ0) is 24.7. The average molecular weight is 484 g/mol. The van der Waals surface area contributed by atoms with Gasteiger partial charge in [-0.1, -0.05) is 13.5 Å². The van der Waals surface area contributed by atoms with Gasteiger partial charge in [-0.2, -0.15) is 13.2 Å². The van der Waals surface area contributed by atoms with E-state index in [4.69, 9.17) is 0 Å². The summed E-state index contributed by atoms with van der Waals surface area (Å²) in [6.45, 7) is 8.72. The Morgan fingerprint density at radius 1 is 1.09 bits per heavy atom. The molecule has 34 heavy (non-hydrogen) atoms. The van der Waals surface area contributed by atoms with Gasteiger partial charge in [-0.05, 0) is 87.1 Å². The number of likely N-dealkylation sites (tertiary alicyclic amines) is 1. The van der Waals surface area contributed by atoms with Gasteiger partial charge in [0.15, 0.2) is 0 Å². The Balaban J connectivity index is 1.38. The number of nitrogens with one attached hydrogen (secondary N) is 2. The van der Waals surface area contributed by atoms with E-state index in [1.165, 1.54) is 24.6 Å². The van der Waals surface area contributed by atoms with E-state index < -0.39 is 24.3 Å². The van der Waals surface area contributed by atoms with E-state index in [2.05, 4.69) is 29.0 Å². The van der Waals surface area contributed by atoms with Crippen molar-refractivity contribution >= 4 is 5.91 Å². The van der Waals surface area contributed by atoms with Crippen LogP contribution < -0.4 is 10.6 Å². The lowest BCUT2D eigenvalue weighted by atomic mass is 9.82. The molecule has 0 bridgehead atoms. The summed E-state index contributed by atoms with van der Waals surface area (Å²) in [6.07, 6.45) is 3.07. The van der Waals surface area contributed by atoms with Gasteiger partial charge in [-0.25, -0.2) is 4.39 Å². The molecular weight excluding hydrogens is 446 g/mol. The third-order valence-electron chi connectivity index (χ3n) is 7.27. The maximum Gasteiger partial charge on any atom is 0.416 e. The first-order valence-corrected chi connectivity index (χ1v) is 12.4. The van der Waals surface area contributed by atoms with E-state index in [-0.39, 0.29) is 11.1 Å². The van der Waals surface area contributed by atoms with Gasteiger partial charge in [0.25, 0.3) is 5.91 Å². The summed E-state index contributed by atoms with van der Waals surface area (Å²) >= 11 is 0. The second-order valence-corrected chi connectivity index (χ2v) is 9.74. The van der Waals surface area contributed by atoms with E-state index in [9.17, 15) is 22.4 Å². The van der Waals surface area contributed by atoms with Crippen molar-refractivity contribution < 1.29 is 22.4 Å². The van der Waals surface area contributed by atoms with Crippen LogP contribution in [0.3, 0.4) is 0 Å². The van der Waals surface area contributed by atoms with Crippen LogP contribution in [0.4, 0.5) is 17.6 Å². The van der Waals surface area contributed by atoms with Gasteiger partial charge in [0.2, 0.25) is 0 Å². The summed E-state index contributed by atoms with van der Waals surface area (Å²) in [5.74, 6) is 0.294. The smallest absolute Gasteiger partial charge is 0.371 e. The molecule has 1 aromatic rings. The Morgan fingerprint density at radius 2 is 1.76 bits per heavy atom. The first-order valence-electron chi connectivity index (χ1n) is 12.4. The van der Waals surface area contributed by atoms with E-state index in [0.29, 0.717) is 24.4 Å². The van der Waals surface area contributed by atoms with E-state index >= 15 is 0 Å². The Kier molecular flexibility index (Phi) is 9.39. The highest BCUT2D eigenvalue weighted by molar-refractivity contribution is 5.94. The summed E-state index contributed by atoms with van der Waals surface area (Å²) in [6, 6.07) is 3.34. The lowest BCUT2D eigenvalue weighted by Crippen LogP contribution is -2.36. The quantitative estimate of drug-likeness (QED) is 0.421. The van der Waals surface area contributed by atoms with Crippen molar-refractivity contribution in [3.8, 4) is 0 Å². The number of hydrogen-bond donors (Lipinski definition) is 2. The molecule has 1 aromatic carbocycles. The Hall–Kier alpha value is -2.09. The molecule has 2 fully saturated rings. The monoisotopic (exact) mass is 483 g/mol. The second kappa shape index (κ2) is 12.0. The number of alkyl halides is 4. The van der Waals surface area contributed by atoms with Crippen molar-refractivity contribution in [2.45, 2.75) is 70.8 Å². The molecule has 190 valence electrons. The number of halogens is 4. The van der Waals surface area contributed by atoms with Crippen LogP contribution in [-0.2, 0) is 12.9 Å². The fourth-order valence-electron chi connectivity index (χ4n) is 5.24. The fraction of sp³-hybridized carbons (Fsp3) is 0.654. The molecule has 8 heteroatoms. The molecule has 2 N–H and O–H groups in total. The number of benzene rings is 1. The highest BCUT2D eigenvalue weighted by Crippen LogP contribution is 2.31. The molecule has 1 aliphatic heterocycles. The number of carbonyl (C=O) groups excluding carboxylic acids is 1. The molecule has 0 aromatic heterocycles. The lowest BCUT2D eigenvalue weighted by molar-refractivity contribution is -0.137. The van der Waals surface area contributed by atoms with Crippen LogP contribution in [0.1, 0.15) is 73.4 Å². The number of carbonyl (C=O) groups is 1. The minimum Gasteiger partial charge on any atom is -0.371 e. The van der Waals surface area contributed by atoms with E-state index in [0.717, 1.165) is 63.9 Å². The van der Waals surface area contributed by atoms with Gasteiger partial charge in [0.05, 0.1) is 5.56 Å². The molecule has 2 aliphatic rings. The summed E-state index contributed by atoms with van der Waals surface area (Å²) in [4.78, 5) is 14.9. The predicted molar refractivity (Wildman–Crippen MR) is 126 cm³/mol. The largest absolute Gasteiger partial charge is 0.416 e. The van der Waals surface area contributed by atoms with Crippen LogP contribution in [0.5, 0.6) is 0 Å². The molecule has 0 radical (unpaired) electrons. The van der Waals surface area contributed by atoms with E-state index in [1.54, 1.807) is 0 Å². The van der Waals surface area contributed by atoms with Crippen molar-refractivity contribution in [3.63, 3.8) is 0 Å². The van der Waals surface area contributed by atoms with Gasteiger partial charge in [0, 0.05) is 36.9 Å². The summed E-state index contributed by atoms with van der Waals surface area (Å²) in [7, 11) is 0. The van der Waals surface area contributed by atoms with Crippen LogP contribution in [0.25, 0.3) is 0 Å². The average Bonchev–Trinajstić information content (AvgIpc) is 3.31. The van der Waals surface area contributed by atoms with Crippen molar-refractivity contribution in [2.75, 3.05) is 26.2 Å². The molecule has 1 saturated heterocycles. The molecule has 1 atom stereocenters. The zero-order valence-corrected chi connectivity index (χ0v) is 20.0. The molecule has 1 heterocycles. The number of hydrogen-bond acceptors (Lipinski definition) is 3. The van der Waals surface area contributed by atoms with Crippen molar-refractivity contribution in [2.24, 2.45) is 11.8 Å². The molecule has 1 amide bonds. The minimum atomic E-state index is -4.62. The number of amides is 1. The lowest BCUT2D eigenvalue weighted by Gasteiger charge is -2.31.